The maximum Gasteiger partial charge on any atom is 0.161 e. The molecule has 100 valence electrons. The molecule has 0 spiro atoms. The number of nitrogens with two attached hydrogens (primary N) is 1. The maximum atomic E-state index is 7.16. The van der Waals surface area contributed by atoms with Crippen molar-refractivity contribution in [2.75, 3.05) is 33.9 Å². The molecule has 1 aromatic carbocycles. The van der Waals surface area contributed by atoms with Crippen molar-refractivity contribution in [1.29, 1.82) is 5.41 Å². The third-order valence-electron chi connectivity index (χ3n) is 2.56. The van der Waals surface area contributed by atoms with Gasteiger partial charge in [0.2, 0.25) is 0 Å². The van der Waals surface area contributed by atoms with Crippen molar-refractivity contribution in [3.63, 3.8) is 0 Å². The summed E-state index contributed by atoms with van der Waals surface area (Å²) in [4.78, 5) is 2.08. The van der Waals surface area contributed by atoms with Gasteiger partial charge in [0.25, 0.3) is 0 Å². The van der Waals surface area contributed by atoms with E-state index >= 15 is 0 Å². The van der Waals surface area contributed by atoms with Crippen LogP contribution in [-0.2, 0) is 0 Å². The topological polar surface area (TPSA) is 71.6 Å². The first-order valence-electron chi connectivity index (χ1n) is 5.90. The zero-order chi connectivity index (χ0) is 13.4. The van der Waals surface area contributed by atoms with Gasteiger partial charge in [0.05, 0.1) is 12.9 Å². The minimum absolute atomic E-state index is 0.215. The van der Waals surface area contributed by atoms with Crippen molar-refractivity contribution in [3.05, 3.63) is 24.3 Å². The molecule has 5 nitrogen and oxygen atoms in total. The Balaban J connectivity index is 2.30. The Hall–Kier alpha value is -1.75. The Morgan fingerprint density at radius 1 is 1.28 bits per heavy atom. The predicted octanol–water partition coefficient (Wildman–Crippen LogP) is 1.33. The molecule has 0 aromatic heterocycles. The van der Waals surface area contributed by atoms with Gasteiger partial charge < -0.3 is 20.1 Å². The fourth-order valence-electron chi connectivity index (χ4n) is 1.47. The number of likely N-dealkylation sites (N-methyl/N-ethyl adjacent to an activating group) is 1. The van der Waals surface area contributed by atoms with E-state index in [4.69, 9.17) is 20.6 Å². The average Bonchev–Trinajstić information content (AvgIpc) is 2.37. The second-order valence-electron chi connectivity index (χ2n) is 4.08. The third kappa shape index (κ3) is 5.05. The largest absolute Gasteiger partial charge is 0.493 e. The maximum absolute atomic E-state index is 7.16. The first-order valence-corrected chi connectivity index (χ1v) is 5.90. The van der Waals surface area contributed by atoms with Crippen LogP contribution in [0.5, 0.6) is 11.5 Å². The van der Waals surface area contributed by atoms with Gasteiger partial charge in [-0.3, -0.25) is 5.41 Å². The molecule has 0 aliphatic heterocycles. The molecule has 0 saturated heterocycles. The SMILES string of the molecule is COc1ccccc1OCCN(C)CCC(=N)N. The van der Waals surface area contributed by atoms with E-state index in [0.29, 0.717) is 13.0 Å². The predicted molar refractivity (Wildman–Crippen MR) is 72.5 cm³/mol. The smallest absolute Gasteiger partial charge is 0.161 e. The molecule has 0 heterocycles. The summed E-state index contributed by atoms with van der Waals surface area (Å²) < 4.78 is 10.9. The monoisotopic (exact) mass is 251 g/mol. The highest BCUT2D eigenvalue weighted by molar-refractivity contribution is 5.76. The van der Waals surface area contributed by atoms with Gasteiger partial charge in [0, 0.05) is 19.5 Å². The standard InChI is InChI=1S/C13H21N3O2/c1-16(8-7-13(14)15)9-10-18-12-6-4-3-5-11(12)17-2/h3-6H,7-10H2,1-2H3,(H3,14,15). The van der Waals surface area contributed by atoms with E-state index in [1.807, 2.05) is 31.3 Å². The summed E-state index contributed by atoms with van der Waals surface area (Å²) in [6.07, 6.45) is 0.588. The van der Waals surface area contributed by atoms with Crippen LogP contribution in [0.25, 0.3) is 0 Å². The van der Waals surface area contributed by atoms with Crippen LogP contribution >= 0.6 is 0 Å². The lowest BCUT2D eigenvalue weighted by Crippen LogP contribution is -2.28. The average molecular weight is 251 g/mol. The van der Waals surface area contributed by atoms with E-state index in [0.717, 1.165) is 24.6 Å². The summed E-state index contributed by atoms with van der Waals surface area (Å²) in [5, 5.41) is 7.16. The van der Waals surface area contributed by atoms with Gasteiger partial charge in [-0.2, -0.15) is 0 Å². The summed E-state index contributed by atoms with van der Waals surface area (Å²) in [5.74, 6) is 1.70. The number of hydrogen-bond acceptors (Lipinski definition) is 4. The number of nitrogens with one attached hydrogen (secondary N) is 1. The quantitative estimate of drug-likeness (QED) is 0.540. The molecule has 1 rings (SSSR count). The molecule has 0 amide bonds. The lowest BCUT2D eigenvalue weighted by atomic mass is 10.3. The van der Waals surface area contributed by atoms with E-state index in [9.17, 15) is 0 Å². The molecule has 0 saturated carbocycles. The molecule has 0 bridgehead atoms. The summed E-state index contributed by atoms with van der Waals surface area (Å²) in [6.45, 7) is 2.13. The van der Waals surface area contributed by atoms with Crippen molar-refractivity contribution < 1.29 is 9.47 Å². The van der Waals surface area contributed by atoms with E-state index in [1.54, 1.807) is 7.11 Å². The van der Waals surface area contributed by atoms with Crippen LogP contribution in [0.4, 0.5) is 0 Å². The van der Waals surface area contributed by atoms with Crippen LogP contribution in [0.1, 0.15) is 6.42 Å². The summed E-state index contributed by atoms with van der Waals surface area (Å²) in [6, 6.07) is 7.57. The van der Waals surface area contributed by atoms with Gasteiger partial charge in [0.15, 0.2) is 11.5 Å². The van der Waals surface area contributed by atoms with Crippen LogP contribution < -0.4 is 15.2 Å². The van der Waals surface area contributed by atoms with Crippen molar-refractivity contribution in [2.45, 2.75) is 6.42 Å². The van der Waals surface area contributed by atoms with Crippen LogP contribution in [-0.4, -0.2) is 44.6 Å². The Morgan fingerprint density at radius 2 is 1.94 bits per heavy atom. The molecule has 1 aromatic rings. The number of ether oxygens (including phenoxy) is 2. The molecule has 0 fully saturated rings. The number of nitrogens with zero attached hydrogens (tertiary/aromatic N) is 1. The van der Waals surface area contributed by atoms with E-state index in [2.05, 4.69) is 4.90 Å². The molecule has 0 radical (unpaired) electrons. The van der Waals surface area contributed by atoms with Crippen LogP contribution in [0.15, 0.2) is 24.3 Å². The van der Waals surface area contributed by atoms with Crippen molar-refractivity contribution in [2.24, 2.45) is 5.73 Å². The molecule has 0 unspecified atom stereocenters. The molecule has 3 N–H and O–H groups in total. The Labute approximate surface area is 108 Å². The molecular weight excluding hydrogens is 230 g/mol. The Bertz CT molecular complexity index is 382. The molecule has 0 aliphatic rings. The number of amidine groups is 1. The van der Waals surface area contributed by atoms with Gasteiger partial charge in [-0.15, -0.1) is 0 Å². The number of methoxy groups -OCH3 is 1. The Morgan fingerprint density at radius 3 is 2.56 bits per heavy atom. The minimum atomic E-state index is 0.215. The normalized spacial score (nSPS) is 10.4. The lowest BCUT2D eigenvalue weighted by molar-refractivity contribution is 0.233. The van der Waals surface area contributed by atoms with Gasteiger partial charge in [0.1, 0.15) is 6.61 Å². The highest BCUT2D eigenvalue weighted by atomic mass is 16.5. The number of benzene rings is 1. The van der Waals surface area contributed by atoms with Gasteiger partial charge >= 0.3 is 0 Å². The molecule has 18 heavy (non-hydrogen) atoms. The minimum Gasteiger partial charge on any atom is -0.493 e. The summed E-state index contributed by atoms with van der Waals surface area (Å²) in [7, 11) is 3.61. The lowest BCUT2D eigenvalue weighted by Gasteiger charge is -2.17. The third-order valence-corrected chi connectivity index (χ3v) is 2.56. The first kappa shape index (κ1) is 14.3. The van der Waals surface area contributed by atoms with Gasteiger partial charge in [-0.1, -0.05) is 12.1 Å². The van der Waals surface area contributed by atoms with Gasteiger partial charge in [-0.25, -0.2) is 0 Å². The van der Waals surface area contributed by atoms with Crippen LogP contribution in [0, 0.1) is 5.41 Å². The summed E-state index contributed by atoms with van der Waals surface area (Å²) >= 11 is 0. The highest BCUT2D eigenvalue weighted by Gasteiger charge is 2.04. The second kappa shape index (κ2) is 7.55. The first-order chi connectivity index (χ1) is 8.63. The molecular formula is C13H21N3O2. The zero-order valence-corrected chi connectivity index (χ0v) is 11.0. The molecule has 0 atom stereocenters. The summed E-state index contributed by atoms with van der Waals surface area (Å²) in [5.41, 5.74) is 5.31. The molecule has 5 heteroatoms. The van der Waals surface area contributed by atoms with Crippen molar-refractivity contribution in [1.82, 2.24) is 4.90 Å². The number of para-hydroxylation sites is 2. The van der Waals surface area contributed by atoms with Crippen molar-refractivity contribution >= 4 is 5.84 Å². The van der Waals surface area contributed by atoms with E-state index in [-0.39, 0.29) is 5.84 Å². The second-order valence-corrected chi connectivity index (χ2v) is 4.08. The van der Waals surface area contributed by atoms with Crippen LogP contribution in [0.3, 0.4) is 0 Å². The molecule has 0 aliphatic carbocycles. The zero-order valence-electron chi connectivity index (χ0n) is 11.0. The number of hydrogen-bond donors (Lipinski definition) is 2. The van der Waals surface area contributed by atoms with Gasteiger partial charge in [-0.05, 0) is 19.2 Å². The fourth-order valence-corrected chi connectivity index (χ4v) is 1.47. The highest BCUT2D eigenvalue weighted by Crippen LogP contribution is 2.25. The fraction of sp³-hybridized carbons (Fsp3) is 0.462. The van der Waals surface area contributed by atoms with Crippen molar-refractivity contribution in [3.8, 4) is 11.5 Å². The van der Waals surface area contributed by atoms with Crippen LogP contribution in [0.2, 0.25) is 0 Å². The van der Waals surface area contributed by atoms with E-state index in [1.165, 1.54) is 0 Å². The number of rotatable bonds is 8. The Kier molecular flexibility index (Phi) is 6.00. The van der Waals surface area contributed by atoms with E-state index < -0.39 is 0 Å².